The lowest BCUT2D eigenvalue weighted by Crippen LogP contribution is -2.56. The average Bonchev–Trinajstić information content (AvgIpc) is 3.00. The molecule has 0 aromatic carbocycles. The molecule has 2 heterocycles. The number of carbonyl (C=O) groups excluding carboxylic acids is 1. The molecule has 1 saturated heterocycles. The summed E-state index contributed by atoms with van der Waals surface area (Å²) in [7, 11) is -3.60. The molecule has 0 unspecified atom stereocenters. The van der Waals surface area contributed by atoms with Crippen molar-refractivity contribution in [3.8, 4) is 0 Å². The van der Waals surface area contributed by atoms with Gasteiger partial charge in [0.25, 0.3) is 0 Å². The maximum absolute atomic E-state index is 13.3. The van der Waals surface area contributed by atoms with Crippen molar-refractivity contribution >= 4 is 15.9 Å². The number of aryl methyl sites for hydroxylation is 2. The second kappa shape index (κ2) is 6.80. The summed E-state index contributed by atoms with van der Waals surface area (Å²) in [4.78, 5) is 13.4. The zero-order valence-electron chi connectivity index (χ0n) is 17.3. The maximum Gasteiger partial charge on any atom is 0.248 e. The van der Waals surface area contributed by atoms with Crippen LogP contribution in [-0.4, -0.2) is 42.9 Å². The number of amides is 1. The van der Waals surface area contributed by atoms with Gasteiger partial charge in [-0.25, -0.2) is 8.42 Å². The molecule has 1 aromatic rings. The lowest BCUT2D eigenvalue weighted by atomic mass is 9.49. The SMILES string of the molecule is Cc1noc(C)c1S(=O)(=O)N1CCC(NC(=O)C23CC4CC(CC(C4)C2)C3)CC1. The minimum Gasteiger partial charge on any atom is -0.360 e. The summed E-state index contributed by atoms with van der Waals surface area (Å²) in [6.45, 7) is 4.11. The van der Waals surface area contributed by atoms with Crippen LogP contribution in [0.25, 0.3) is 0 Å². The molecule has 29 heavy (non-hydrogen) atoms. The highest BCUT2D eigenvalue weighted by molar-refractivity contribution is 7.89. The highest BCUT2D eigenvalue weighted by atomic mass is 32.2. The van der Waals surface area contributed by atoms with Crippen molar-refractivity contribution < 1.29 is 17.7 Å². The first-order chi connectivity index (χ1) is 13.8. The Morgan fingerprint density at radius 3 is 2.10 bits per heavy atom. The Kier molecular flexibility index (Phi) is 4.59. The van der Waals surface area contributed by atoms with Gasteiger partial charge in [0.15, 0.2) is 5.76 Å². The van der Waals surface area contributed by atoms with Crippen molar-refractivity contribution in [2.45, 2.75) is 76.2 Å². The molecule has 8 heteroatoms. The van der Waals surface area contributed by atoms with Gasteiger partial charge < -0.3 is 9.84 Å². The molecule has 1 aromatic heterocycles. The first-order valence-electron chi connectivity index (χ1n) is 11.0. The topological polar surface area (TPSA) is 92.5 Å². The predicted octanol–water partition coefficient (Wildman–Crippen LogP) is 2.78. The summed E-state index contributed by atoms with van der Waals surface area (Å²) in [5, 5.41) is 7.10. The van der Waals surface area contributed by atoms with E-state index < -0.39 is 10.0 Å². The first-order valence-corrected chi connectivity index (χ1v) is 12.4. The Hall–Kier alpha value is -1.41. The van der Waals surface area contributed by atoms with E-state index >= 15 is 0 Å². The summed E-state index contributed by atoms with van der Waals surface area (Å²) in [6.07, 6.45) is 8.46. The number of hydrogen-bond acceptors (Lipinski definition) is 5. The second-order valence-electron chi connectivity index (χ2n) is 10.0. The van der Waals surface area contributed by atoms with Crippen LogP contribution in [0.3, 0.4) is 0 Å². The van der Waals surface area contributed by atoms with Crippen LogP contribution >= 0.6 is 0 Å². The van der Waals surface area contributed by atoms with Crippen LogP contribution in [0.15, 0.2) is 9.42 Å². The number of rotatable bonds is 4. The fraction of sp³-hybridized carbons (Fsp3) is 0.810. The van der Waals surface area contributed by atoms with E-state index in [0.717, 1.165) is 37.0 Å². The van der Waals surface area contributed by atoms with Gasteiger partial charge in [0.2, 0.25) is 15.9 Å². The fourth-order valence-electron chi connectivity index (χ4n) is 6.94. The zero-order chi connectivity index (χ0) is 20.4. The van der Waals surface area contributed by atoms with Crippen molar-refractivity contribution in [1.29, 1.82) is 0 Å². The molecular weight excluding hydrogens is 390 g/mol. The first kappa shape index (κ1) is 19.5. The smallest absolute Gasteiger partial charge is 0.248 e. The van der Waals surface area contributed by atoms with Crippen LogP contribution in [0.2, 0.25) is 0 Å². The number of sulfonamides is 1. The van der Waals surface area contributed by atoms with E-state index in [9.17, 15) is 13.2 Å². The van der Waals surface area contributed by atoms with E-state index in [1.54, 1.807) is 13.8 Å². The van der Waals surface area contributed by atoms with Crippen molar-refractivity contribution in [1.82, 2.24) is 14.8 Å². The van der Waals surface area contributed by atoms with Gasteiger partial charge in [0.05, 0.1) is 0 Å². The van der Waals surface area contributed by atoms with Crippen LogP contribution in [-0.2, 0) is 14.8 Å². The lowest BCUT2D eigenvalue weighted by Gasteiger charge is -2.56. The van der Waals surface area contributed by atoms with E-state index in [4.69, 9.17) is 4.52 Å². The van der Waals surface area contributed by atoms with E-state index in [0.29, 0.717) is 37.4 Å². The minimum absolute atomic E-state index is 0.0617. The number of nitrogens with one attached hydrogen (secondary N) is 1. The summed E-state index contributed by atoms with van der Waals surface area (Å²) >= 11 is 0. The average molecular weight is 422 g/mol. The Morgan fingerprint density at radius 2 is 1.62 bits per heavy atom. The van der Waals surface area contributed by atoms with Crippen molar-refractivity contribution in [2.24, 2.45) is 23.2 Å². The number of carbonyl (C=O) groups is 1. The number of hydrogen-bond donors (Lipinski definition) is 1. The Morgan fingerprint density at radius 1 is 1.07 bits per heavy atom. The van der Waals surface area contributed by atoms with Crippen molar-refractivity contribution in [3.63, 3.8) is 0 Å². The van der Waals surface area contributed by atoms with E-state index in [1.165, 1.54) is 23.6 Å². The van der Waals surface area contributed by atoms with Gasteiger partial charge in [-0.05, 0) is 83.0 Å². The summed E-state index contributed by atoms with van der Waals surface area (Å²) in [5.41, 5.74) is 0.258. The van der Waals surface area contributed by atoms with Crippen LogP contribution in [0.1, 0.15) is 62.8 Å². The quantitative estimate of drug-likeness (QED) is 0.807. The van der Waals surface area contributed by atoms with Gasteiger partial charge in [-0.15, -0.1) is 0 Å². The molecule has 1 amide bonds. The molecule has 7 nitrogen and oxygen atoms in total. The molecule has 4 aliphatic carbocycles. The minimum atomic E-state index is -3.60. The molecule has 0 radical (unpaired) electrons. The maximum atomic E-state index is 13.3. The number of nitrogens with zero attached hydrogens (tertiary/aromatic N) is 2. The van der Waals surface area contributed by atoms with Gasteiger partial charge in [-0.2, -0.15) is 4.31 Å². The number of piperidine rings is 1. The molecule has 6 rings (SSSR count). The van der Waals surface area contributed by atoms with Crippen LogP contribution in [0.5, 0.6) is 0 Å². The monoisotopic (exact) mass is 421 g/mol. The molecular formula is C21H31N3O4S. The Balaban J connectivity index is 1.22. The summed E-state index contributed by atoms with van der Waals surface area (Å²) < 4.78 is 32.5. The highest BCUT2D eigenvalue weighted by Crippen LogP contribution is 2.60. The molecule has 5 fully saturated rings. The molecule has 0 atom stereocenters. The number of aromatic nitrogens is 1. The Bertz CT molecular complexity index is 860. The largest absolute Gasteiger partial charge is 0.360 e. The van der Waals surface area contributed by atoms with E-state index in [-0.39, 0.29) is 22.3 Å². The lowest BCUT2D eigenvalue weighted by molar-refractivity contribution is -0.147. The third-order valence-electron chi connectivity index (χ3n) is 7.87. The second-order valence-corrected chi connectivity index (χ2v) is 11.9. The molecule has 1 N–H and O–H groups in total. The fourth-order valence-corrected chi connectivity index (χ4v) is 8.70. The molecule has 1 aliphatic heterocycles. The van der Waals surface area contributed by atoms with Crippen molar-refractivity contribution in [3.05, 3.63) is 11.5 Å². The van der Waals surface area contributed by atoms with Crippen LogP contribution in [0.4, 0.5) is 0 Å². The normalized spacial score (nSPS) is 35.2. The molecule has 4 saturated carbocycles. The van der Waals surface area contributed by atoms with E-state index in [1.807, 2.05) is 0 Å². The van der Waals surface area contributed by atoms with Gasteiger partial charge in [-0.3, -0.25) is 4.79 Å². The molecule has 4 bridgehead atoms. The van der Waals surface area contributed by atoms with Crippen LogP contribution in [0, 0.1) is 37.0 Å². The van der Waals surface area contributed by atoms with E-state index in [2.05, 4.69) is 10.5 Å². The van der Waals surface area contributed by atoms with Gasteiger partial charge in [0.1, 0.15) is 10.6 Å². The van der Waals surface area contributed by atoms with Crippen molar-refractivity contribution in [2.75, 3.05) is 13.1 Å². The zero-order valence-corrected chi connectivity index (χ0v) is 18.1. The van der Waals surface area contributed by atoms with Gasteiger partial charge >= 0.3 is 0 Å². The third-order valence-corrected chi connectivity index (χ3v) is 10.0. The van der Waals surface area contributed by atoms with Gasteiger partial charge in [0, 0.05) is 24.5 Å². The van der Waals surface area contributed by atoms with Crippen LogP contribution < -0.4 is 5.32 Å². The Labute approximate surface area is 172 Å². The highest BCUT2D eigenvalue weighted by Gasteiger charge is 2.54. The third kappa shape index (κ3) is 3.23. The summed E-state index contributed by atoms with van der Waals surface area (Å²) in [5.74, 6) is 2.81. The predicted molar refractivity (Wildman–Crippen MR) is 107 cm³/mol. The molecule has 0 spiro atoms. The van der Waals surface area contributed by atoms with Gasteiger partial charge in [-0.1, -0.05) is 5.16 Å². The standard InChI is InChI=1S/C21H31N3O4S/c1-13-19(14(2)28-23-13)29(26,27)24-5-3-18(4-6-24)22-20(25)21-10-15-7-16(11-21)9-17(8-15)12-21/h15-18H,3-12H2,1-2H3,(H,22,25). The molecule has 160 valence electrons. The molecule has 5 aliphatic rings. The summed E-state index contributed by atoms with van der Waals surface area (Å²) in [6, 6.07) is 0.0617.